The summed E-state index contributed by atoms with van der Waals surface area (Å²) in [6.07, 6.45) is 2.70. The summed E-state index contributed by atoms with van der Waals surface area (Å²) in [6.45, 7) is 5.16. The number of nitrogens with zero attached hydrogens (tertiary/aromatic N) is 3. The number of benzene rings is 3. The Morgan fingerprint density at radius 1 is 0.955 bits per heavy atom. The Bertz CT molecular complexity index is 1640. The fraction of sp³-hybridized carbons (Fsp3) is 0.273. The minimum atomic E-state index is -0.969. The zero-order chi connectivity index (χ0) is 31.1. The molecule has 4 aromatic rings. The summed E-state index contributed by atoms with van der Waals surface area (Å²) in [5.41, 5.74) is 1.80. The van der Waals surface area contributed by atoms with Gasteiger partial charge in [-0.1, -0.05) is 67.6 Å². The van der Waals surface area contributed by atoms with Crippen LogP contribution in [0.15, 0.2) is 82.7 Å². The summed E-state index contributed by atoms with van der Waals surface area (Å²) in [6, 6.07) is 19.1. The van der Waals surface area contributed by atoms with E-state index < -0.39 is 17.7 Å². The van der Waals surface area contributed by atoms with Gasteiger partial charge in [0.15, 0.2) is 4.34 Å². The third-order valence-electron chi connectivity index (χ3n) is 6.86. The molecule has 2 heterocycles. The summed E-state index contributed by atoms with van der Waals surface area (Å²) < 4.78 is 25.5. The maximum absolute atomic E-state index is 13.6. The largest absolute Gasteiger partial charge is 0.507 e. The Hall–Kier alpha value is -4.22. The first-order valence-corrected chi connectivity index (χ1v) is 16.2. The molecular formula is C33H32FN3O5S2. The number of aliphatic hydroxyl groups is 1. The molecule has 1 saturated heterocycles. The van der Waals surface area contributed by atoms with Gasteiger partial charge in [0.05, 0.1) is 24.8 Å². The van der Waals surface area contributed by atoms with Crippen LogP contribution in [0.5, 0.6) is 11.5 Å². The molecule has 3 aromatic carbocycles. The maximum atomic E-state index is 13.6. The molecule has 1 aromatic heterocycles. The molecule has 11 heteroatoms. The lowest BCUT2D eigenvalue weighted by atomic mass is 9.95. The van der Waals surface area contributed by atoms with Gasteiger partial charge in [0.1, 0.15) is 23.1 Å². The predicted octanol–water partition coefficient (Wildman–Crippen LogP) is 7.56. The average Bonchev–Trinajstić information content (AvgIpc) is 3.61. The van der Waals surface area contributed by atoms with Gasteiger partial charge in [-0.2, -0.15) is 0 Å². The fourth-order valence-corrected chi connectivity index (χ4v) is 6.45. The van der Waals surface area contributed by atoms with Crippen molar-refractivity contribution in [1.82, 2.24) is 10.2 Å². The van der Waals surface area contributed by atoms with E-state index >= 15 is 0 Å². The van der Waals surface area contributed by atoms with E-state index in [0.717, 1.165) is 36.2 Å². The summed E-state index contributed by atoms with van der Waals surface area (Å²) in [5, 5.41) is 20.2. The van der Waals surface area contributed by atoms with Gasteiger partial charge in [-0.3, -0.25) is 14.5 Å². The van der Waals surface area contributed by atoms with Crippen molar-refractivity contribution in [2.45, 2.75) is 49.2 Å². The standard InChI is InChI=1S/C33H32FN3O5S2/c1-3-5-18-42-26-8-6-7-23(19-26)28-27(29(38)22-11-15-25(16-12-22)41-17-4-2)30(39)31(40)37(28)32-35-36-33(44-32)43-20-21-9-13-24(34)14-10-21/h6-16,19,28,38H,3-5,17-18,20H2,1-2H3. The van der Waals surface area contributed by atoms with Gasteiger partial charge in [-0.05, 0) is 72.5 Å². The van der Waals surface area contributed by atoms with Gasteiger partial charge in [0.2, 0.25) is 5.13 Å². The number of unbranched alkanes of at least 4 members (excludes halogenated alkanes) is 1. The molecule has 0 aliphatic carbocycles. The second-order valence-corrected chi connectivity index (χ2v) is 12.3. The number of rotatable bonds is 13. The van der Waals surface area contributed by atoms with Crippen molar-refractivity contribution in [3.8, 4) is 11.5 Å². The summed E-state index contributed by atoms with van der Waals surface area (Å²) in [5.74, 6) is -0.510. The van der Waals surface area contributed by atoms with E-state index in [9.17, 15) is 19.1 Å². The van der Waals surface area contributed by atoms with Crippen molar-refractivity contribution in [3.05, 3.63) is 101 Å². The van der Waals surface area contributed by atoms with Crippen molar-refractivity contribution < 1.29 is 28.6 Å². The van der Waals surface area contributed by atoms with E-state index in [1.807, 2.05) is 13.0 Å². The van der Waals surface area contributed by atoms with Crippen molar-refractivity contribution >= 4 is 45.7 Å². The van der Waals surface area contributed by atoms with Crippen molar-refractivity contribution in [1.29, 1.82) is 0 Å². The second kappa shape index (κ2) is 14.5. The number of halogens is 1. The normalized spacial score (nSPS) is 16.0. The Morgan fingerprint density at radius 2 is 1.70 bits per heavy atom. The second-order valence-electron chi connectivity index (χ2n) is 10.1. The fourth-order valence-electron chi connectivity index (χ4n) is 4.62. The van der Waals surface area contributed by atoms with Crippen LogP contribution < -0.4 is 14.4 Å². The molecule has 1 unspecified atom stereocenters. The Morgan fingerprint density at radius 3 is 2.43 bits per heavy atom. The van der Waals surface area contributed by atoms with E-state index in [2.05, 4.69) is 17.1 Å². The molecular weight excluding hydrogens is 602 g/mol. The van der Waals surface area contributed by atoms with Crippen LogP contribution in [0.2, 0.25) is 0 Å². The van der Waals surface area contributed by atoms with Crippen molar-refractivity contribution in [2.75, 3.05) is 18.1 Å². The smallest absolute Gasteiger partial charge is 0.301 e. The number of hydrogen-bond donors (Lipinski definition) is 1. The van der Waals surface area contributed by atoms with Gasteiger partial charge < -0.3 is 14.6 Å². The number of anilines is 1. The first-order chi connectivity index (χ1) is 21.4. The molecule has 1 aliphatic rings. The molecule has 1 fully saturated rings. The Labute approximate surface area is 263 Å². The van der Waals surface area contributed by atoms with Gasteiger partial charge in [-0.25, -0.2) is 4.39 Å². The van der Waals surface area contributed by atoms with Crippen LogP contribution in [0.4, 0.5) is 9.52 Å². The number of Topliss-reactive ketones (excluding diaryl/α,β-unsaturated/α-hetero) is 1. The molecule has 5 rings (SSSR count). The number of aliphatic hydroxyl groups excluding tert-OH is 1. The molecule has 0 saturated carbocycles. The summed E-state index contributed by atoms with van der Waals surface area (Å²) in [4.78, 5) is 28.5. The molecule has 0 radical (unpaired) electrons. The van der Waals surface area contributed by atoms with Gasteiger partial charge in [0, 0.05) is 11.3 Å². The molecule has 228 valence electrons. The van der Waals surface area contributed by atoms with E-state index in [1.54, 1.807) is 54.6 Å². The van der Waals surface area contributed by atoms with E-state index in [0.29, 0.717) is 45.9 Å². The van der Waals surface area contributed by atoms with Crippen molar-refractivity contribution in [3.63, 3.8) is 0 Å². The number of amides is 1. The topological polar surface area (TPSA) is 102 Å². The molecule has 1 aliphatic heterocycles. The number of hydrogen-bond acceptors (Lipinski definition) is 9. The van der Waals surface area contributed by atoms with E-state index in [4.69, 9.17) is 9.47 Å². The molecule has 0 bridgehead atoms. The quantitative estimate of drug-likeness (QED) is 0.0402. The van der Waals surface area contributed by atoms with Gasteiger partial charge in [-0.15, -0.1) is 10.2 Å². The van der Waals surface area contributed by atoms with Gasteiger partial charge >= 0.3 is 5.91 Å². The highest BCUT2D eigenvalue weighted by Crippen LogP contribution is 2.44. The molecule has 1 N–H and O–H groups in total. The van der Waals surface area contributed by atoms with Crippen LogP contribution in [0.25, 0.3) is 5.76 Å². The number of aromatic nitrogens is 2. The SMILES string of the molecule is CCCCOc1cccc(C2C(=C(O)c3ccc(OCCC)cc3)C(=O)C(=O)N2c2nnc(SCc3ccc(F)cc3)s2)c1. The van der Waals surface area contributed by atoms with Crippen LogP contribution in [-0.2, 0) is 15.3 Å². The Balaban J connectivity index is 1.51. The third-order valence-corrected chi connectivity index (χ3v) is 8.99. The first kappa shape index (κ1) is 31.2. The first-order valence-electron chi connectivity index (χ1n) is 14.4. The van der Waals surface area contributed by atoms with Gasteiger partial charge in [0.25, 0.3) is 5.78 Å². The lowest BCUT2D eigenvalue weighted by Crippen LogP contribution is -2.29. The zero-order valence-electron chi connectivity index (χ0n) is 24.4. The molecule has 1 atom stereocenters. The molecule has 0 spiro atoms. The number of ketones is 1. The van der Waals surface area contributed by atoms with Crippen LogP contribution in [-0.4, -0.2) is 40.2 Å². The van der Waals surface area contributed by atoms with Crippen LogP contribution >= 0.6 is 23.1 Å². The molecule has 8 nitrogen and oxygen atoms in total. The Kier molecular flexibility index (Phi) is 10.3. The monoisotopic (exact) mass is 633 g/mol. The highest BCUT2D eigenvalue weighted by Gasteiger charge is 2.48. The number of thioether (sulfide) groups is 1. The lowest BCUT2D eigenvalue weighted by Gasteiger charge is -2.23. The van der Waals surface area contributed by atoms with Crippen LogP contribution in [0.1, 0.15) is 55.8 Å². The minimum absolute atomic E-state index is 0.0568. The summed E-state index contributed by atoms with van der Waals surface area (Å²) in [7, 11) is 0. The van der Waals surface area contributed by atoms with E-state index in [-0.39, 0.29) is 22.3 Å². The third kappa shape index (κ3) is 7.11. The highest BCUT2D eigenvalue weighted by molar-refractivity contribution is 8.00. The molecule has 44 heavy (non-hydrogen) atoms. The highest BCUT2D eigenvalue weighted by atomic mass is 32.2. The summed E-state index contributed by atoms with van der Waals surface area (Å²) >= 11 is 2.55. The lowest BCUT2D eigenvalue weighted by molar-refractivity contribution is -0.132. The molecule has 1 amide bonds. The number of carbonyl (C=O) groups is 2. The van der Waals surface area contributed by atoms with Crippen molar-refractivity contribution in [2.24, 2.45) is 0 Å². The minimum Gasteiger partial charge on any atom is -0.507 e. The number of ether oxygens (including phenoxy) is 2. The average molecular weight is 634 g/mol. The predicted molar refractivity (Wildman–Crippen MR) is 170 cm³/mol. The van der Waals surface area contributed by atoms with Crippen LogP contribution in [0.3, 0.4) is 0 Å². The van der Waals surface area contributed by atoms with Crippen LogP contribution in [0, 0.1) is 5.82 Å². The van der Waals surface area contributed by atoms with E-state index in [1.165, 1.54) is 28.8 Å². The number of carbonyl (C=O) groups excluding carboxylic acids is 2. The maximum Gasteiger partial charge on any atom is 0.301 e. The zero-order valence-corrected chi connectivity index (χ0v) is 26.0.